The highest BCUT2D eigenvalue weighted by atomic mass is 32.2. The van der Waals surface area contributed by atoms with Crippen molar-refractivity contribution in [3.63, 3.8) is 0 Å². The first kappa shape index (κ1) is 14.9. The number of H-pyrrole nitrogens is 1. The summed E-state index contributed by atoms with van der Waals surface area (Å²) >= 11 is -2.28. The third kappa shape index (κ3) is 2.22. The molecule has 0 amide bonds. The molecule has 0 aliphatic carbocycles. The van der Waals surface area contributed by atoms with E-state index in [0.717, 1.165) is 22.3 Å². The normalized spacial score (nSPS) is 18.2. The smallest absolute Gasteiger partial charge is 0.141 e. The topological polar surface area (TPSA) is 127 Å². The summed E-state index contributed by atoms with van der Waals surface area (Å²) in [7, 11) is 0. The molecule has 1 saturated heterocycles. The molecule has 4 heterocycles. The van der Waals surface area contributed by atoms with Crippen molar-refractivity contribution in [2.45, 2.75) is 12.0 Å². The Hall–Kier alpha value is -2.61. The minimum atomic E-state index is -2.28. The molecule has 3 aromatic heterocycles. The number of aromatic nitrogens is 5. The number of nitriles is 1. The maximum absolute atomic E-state index is 11.0. The van der Waals surface area contributed by atoms with Crippen LogP contribution < -0.4 is 0 Å². The van der Waals surface area contributed by atoms with E-state index in [9.17, 15) is 8.76 Å². The molecule has 0 radical (unpaired) electrons. The Bertz CT molecular complexity index is 967. The van der Waals surface area contributed by atoms with Crippen LogP contribution >= 0.6 is 0 Å². The predicted octanol–water partition coefficient (Wildman–Crippen LogP) is 0.540. The average Bonchev–Trinajstić information content (AvgIpc) is 3.18. The first-order chi connectivity index (χ1) is 11.6. The van der Waals surface area contributed by atoms with Crippen LogP contribution in [0, 0.1) is 11.3 Å². The van der Waals surface area contributed by atoms with Crippen molar-refractivity contribution < 1.29 is 8.76 Å². The van der Waals surface area contributed by atoms with Gasteiger partial charge >= 0.3 is 0 Å². The largest absolute Gasteiger partial charge is 0.760 e. The number of hydrogen-bond donors (Lipinski definition) is 1. The molecule has 3 aromatic rings. The zero-order valence-electron chi connectivity index (χ0n) is 12.4. The number of rotatable bonds is 4. The van der Waals surface area contributed by atoms with E-state index in [1.165, 1.54) is 10.6 Å². The van der Waals surface area contributed by atoms with Crippen LogP contribution in [0.3, 0.4) is 0 Å². The Balaban J connectivity index is 1.71. The molecule has 0 bridgehead atoms. The van der Waals surface area contributed by atoms with E-state index in [1.807, 2.05) is 6.07 Å². The third-order valence-corrected chi connectivity index (χ3v) is 4.94. The fourth-order valence-corrected chi connectivity index (χ4v) is 3.70. The van der Waals surface area contributed by atoms with Crippen molar-refractivity contribution in [1.82, 2.24) is 29.0 Å². The molecule has 1 atom stereocenters. The van der Waals surface area contributed by atoms with E-state index < -0.39 is 16.8 Å². The van der Waals surface area contributed by atoms with E-state index in [4.69, 9.17) is 5.26 Å². The lowest BCUT2D eigenvalue weighted by Crippen LogP contribution is -2.62. The van der Waals surface area contributed by atoms with E-state index in [0.29, 0.717) is 0 Å². The lowest BCUT2D eigenvalue weighted by atomic mass is 9.89. The fraction of sp³-hybridized carbons (Fsp3) is 0.286. The average molecular weight is 342 g/mol. The highest BCUT2D eigenvalue weighted by Gasteiger charge is 2.46. The second-order valence-corrected chi connectivity index (χ2v) is 6.66. The maximum Gasteiger partial charge on any atom is 0.141 e. The molecular weight excluding hydrogens is 330 g/mol. The van der Waals surface area contributed by atoms with E-state index in [1.54, 1.807) is 23.3 Å². The van der Waals surface area contributed by atoms with Gasteiger partial charge in [-0.1, -0.05) is 0 Å². The second-order valence-electron chi connectivity index (χ2n) is 5.71. The molecule has 1 aliphatic rings. The van der Waals surface area contributed by atoms with E-state index in [2.05, 4.69) is 26.1 Å². The Morgan fingerprint density at radius 1 is 1.46 bits per heavy atom. The lowest BCUT2D eigenvalue weighted by Gasteiger charge is -2.49. The first-order valence-corrected chi connectivity index (χ1v) is 8.21. The van der Waals surface area contributed by atoms with Crippen LogP contribution in [0.4, 0.5) is 0 Å². The SMILES string of the molecule is N#CCC1(n2cc(-c3ncnc4[nH]ccc34)cn2)CN(S(=O)[O-])C1. The van der Waals surface area contributed by atoms with E-state index in [-0.39, 0.29) is 19.5 Å². The van der Waals surface area contributed by atoms with Crippen LogP contribution in [0.15, 0.2) is 31.0 Å². The van der Waals surface area contributed by atoms with Crippen LogP contribution in [0.2, 0.25) is 0 Å². The predicted molar refractivity (Wildman–Crippen MR) is 83.8 cm³/mol. The van der Waals surface area contributed by atoms with Crippen molar-refractivity contribution >= 4 is 22.3 Å². The molecule has 10 heteroatoms. The van der Waals surface area contributed by atoms with Gasteiger partial charge in [0.1, 0.15) is 17.5 Å². The molecule has 1 N–H and O–H groups in total. The van der Waals surface area contributed by atoms with Gasteiger partial charge in [0.25, 0.3) is 0 Å². The maximum atomic E-state index is 11.0. The summed E-state index contributed by atoms with van der Waals surface area (Å²) in [6, 6.07) is 4.01. The molecule has 1 aliphatic heterocycles. The fourth-order valence-electron chi connectivity index (χ4n) is 3.01. The third-order valence-electron chi connectivity index (χ3n) is 4.26. The van der Waals surface area contributed by atoms with Gasteiger partial charge in [0.05, 0.1) is 24.4 Å². The zero-order chi connectivity index (χ0) is 16.7. The van der Waals surface area contributed by atoms with Gasteiger partial charge in [0, 0.05) is 47.7 Å². The summed E-state index contributed by atoms with van der Waals surface area (Å²) < 4.78 is 25.0. The van der Waals surface area contributed by atoms with Gasteiger partial charge in [-0.15, -0.1) is 0 Å². The van der Waals surface area contributed by atoms with Gasteiger partial charge in [-0.2, -0.15) is 10.4 Å². The summed E-state index contributed by atoms with van der Waals surface area (Å²) in [4.78, 5) is 11.5. The molecule has 0 aromatic carbocycles. The molecule has 1 unspecified atom stereocenters. The summed E-state index contributed by atoms with van der Waals surface area (Å²) in [5.41, 5.74) is 1.64. The van der Waals surface area contributed by atoms with Gasteiger partial charge < -0.3 is 9.54 Å². The van der Waals surface area contributed by atoms with Crippen LogP contribution in [-0.4, -0.2) is 50.9 Å². The van der Waals surface area contributed by atoms with E-state index >= 15 is 0 Å². The Labute approximate surface area is 139 Å². The van der Waals surface area contributed by atoms with Crippen molar-refractivity contribution in [2.75, 3.05) is 13.1 Å². The molecular formula is C14H12N7O2S-. The van der Waals surface area contributed by atoms with Crippen molar-refractivity contribution in [1.29, 1.82) is 5.26 Å². The number of fused-ring (bicyclic) bond motifs is 1. The standard InChI is InChI=1S/C14H13N7O2S/c15-3-2-14(7-20(8-14)24(22)23)21-6-10(5-19-21)12-11-1-4-16-13(11)18-9-17-12/h1,4-6,9H,2,7-8H2,(H,22,23)(H,16,17,18)/p-1. The summed E-state index contributed by atoms with van der Waals surface area (Å²) in [5, 5.41) is 14.3. The number of aromatic amines is 1. The van der Waals surface area contributed by atoms with Gasteiger partial charge in [-0.05, 0) is 6.07 Å². The van der Waals surface area contributed by atoms with Crippen LogP contribution in [-0.2, 0) is 16.8 Å². The lowest BCUT2D eigenvalue weighted by molar-refractivity contribution is 0.0698. The summed E-state index contributed by atoms with van der Waals surface area (Å²) in [5.74, 6) is 0. The quantitative estimate of drug-likeness (QED) is 0.690. The molecule has 1 fully saturated rings. The van der Waals surface area contributed by atoms with Gasteiger partial charge in [-0.3, -0.25) is 8.89 Å². The molecule has 9 nitrogen and oxygen atoms in total. The molecule has 122 valence electrons. The van der Waals surface area contributed by atoms with Crippen LogP contribution in [0.5, 0.6) is 0 Å². The summed E-state index contributed by atoms with van der Waals surface area (Å²) in [6.45, 7) is 0.474. The number of nitrogens with zero attached hydrogens (tertiary/aromatic N) is 6. The van der Waals surface area contributed by atoms with Gasteiger partial charge in [0.15, 0.2) is 0 Å². The van der Waals surface area contributed by atoms with Crippen molar-refractivity contribution in [3.8, 4) is 17.3 Å². The van der Waals surface area contributed by atoms with Crippen LogP contribution in [0.25, 0.3) is 22.3 Å². The Morgan fingerprint density at radius 3 is 3.04 bits per heavy atom. The minimum Gasteiger partial charge on any atom is -0.760 e. The molecule has 24 heavy (non-hydrogen) atoms. The van der Waals surface area contributed by atoms with Gasteiger partial charge in [-0.25, -0.2) is 14.3 Å². The summed E-state index contributed by atoms with van der Waals surface area (Å²) in [6.07, 6.45) is 6.92. The second kappa shape index (κ2) is 5.48. The Morgan fingerprint density at radius 2 is 2.29 bits per heavy atom. The minimum absolute atomic E-state index is 0.186. The van der Waals surface area contributed by atoms with Gasteiger partial charge in [0.2, 0.25) is 0 Å². The Kier molecular flexibility index (Phi) is 3.42. The highest BCUT2D eigenvalue weighted by Crippen LogP contribution is 2.34. The monoisotopic (exact) mass is 342 g/mol. The van der Waals surface area contributed by atoms with Crippen LogP contribution in [0.1, 0.15) is 6.42 Å². The highest BCUT2D eigenvalue weighted by molar-refractivity contribution is 7.76. The molecule has 4 rings (SSSR count). The number of hydrogen-bond acceptors (Lipinski definition) is 6. The van der Waals surface area contributed by atoms with Crippen molar-refractivity contribution in [2.24, 2.45) is 0 Å². The molecule has 0 spiro atoms. The molecule has 0 saturated carbocycles. The number of nitrogens with one attached hydrogen (secondary N) is 1. The first-order valence-electron chi connectivity index (χ1n) is 7.18. The zero-order valence-corrected chi connectivity index (χ0v) is 13.2. The van der Waals surface area contributed by atoms with Crippen molar-refractivity contribution in [3.05, 3.63) is 31.0 Å².